The van der Waals surface area contributed by atoms with E-state index >= 15 is 0 Å². The second-order valence-corrected chi connectivity index (χ2v) is 8.05. The summed E-state index contributed by atoms with van der Waals surface area (Å²) < 4.78 is 5.28. The minimum Gasteiger partial charge on any atom is -0.464 e. The first-order valence-electron chi connectivity index (χ1n) is 9.95. The molecule has 1 saturated heterocycles. The second kappa shape index (κ2) is 9.64. The maximum atomic E-state index is 13.1. The van der Waals surface area contributed by atoms with Gasteiger partial charge in [-0.05, 0) is 55.2 Å². The predicted octanol–water partition coefficient (Wildman–Crippen LogP) is 5.78. The molecular formula is C23H25Cl2NO3. The zero-order valence-corrected chi connectivity index (χ0v) is 18.1. The van der Waals surface area contributed by atoms with Crippen molar-refractivity contribution in [1.82, 2.24) is 4.90 Å². The van der Waals surface area contributed by atoms with Gasteiger partial charge in [0.05, 0.1) is 12.6 Å². The van der Waals surface area contributed by atoms with Crippen molar-refractivity contribution in [3.05, 3.63) is 69.7 Å². The molecule has 0 aliphatic carbocycles. The maximum absolute atomic E-state index is 13.1. The number of amides is 1. The highest BCUT2D eigenvalue weighted by molar-refractivity contribution is 6.30. The molecule has 1 heterocycles. The van der Waals surface area contributed by atoms with Gasteiger partial charge in [0, 0.05) is 22.4 Å². The van der Waals surface area contributed by atoms with E-state index in [4.69, 9.17) is 27.9 Å². The lowest BCUT2D eigenvalue weighted by molar-refractivity contribution is -0.159. The number of piperidine rings is 1. The number of nitrogens with zero attached hydrogens (tertiary/aromatic N) is 1. The van der Waals surface area contributed by atoms with Gasteiger partial charge in [-0.3, -0.25) is 4.79 Å². The van der Waals surface area contributed by atoms with Crippen LogP contribution in [0.3, 0.4) is 0 Å². The van der Waals surface area contributed by atoms with Crippen molar-refractivity contribution >= 4 is 35.1 Å². The predicted molar refractivity (Wildman–Crippen MR) is 115 cm³/mol. The van der Waals surface area contributed by atoms with Gasteiger partial charge >= 0.3 is 5.97 Å². The SMILES string of the molecule is CCOC(=O)[C@H](CC)N1C(=O)CCC(c2cccc(Cl)c2)C1c1ccc(Cl)cc1. The van der Waals surface area contributed by atoms with Crippen LogP contribution in [0, 0.1) is 0 Å². The van der Waals surface area contributed by atoms with Gasteiger partial charge in [-0.1, -0.05) is 54.4 Å². The summed E-state index contributed by atoms with van der Waals surface area (Å²) in [5.74, 6) is -0.395. The van der Waals surface area contributed by atoms with Crippen LogP contribution >= 0.6 is 23.2 Å². The van der Waals surface area contributed by atoms with Crippen LogP contribution in [-0.2, 0) is 14.3 Å². The molecule has 2 aromatic rings. The van der Waals surface area contributed by atoms with Gasteiger partial charge in [-0.2, -0.15) is 0 Å². The Labute approximate surface area is 181 Å². The summed E-state index contributed by atoms with van der Waals surface area (Å²) in [5, 5.41) is 1.28. The van der Waals surface area contributed by atoms with Crippen LogP contribution in [0.25, 0.3) is 0 Å². The number of rotatable bonds is 6. The molecule has 1 aliphatic heterocycles. The lowest BCUT2D eigenvalue weighted by Crippen LogP contribution is -2.51. The van der Waals surface area contributed by atoms with E-state index in [0.29, 0.717) is 29.3 Å². The van der Waals surface area contributed by atoms with E-state index in [-0.39, 0.29) is 30.4 Å². The highest BCUT2D eigenvalue weighted by atomic mass is 35.5. The quantitative estimate of drug-likeness (QED) is 0.542. The smallest absolute Gasteiger partial charge is 0.328 e. The van der Waals surface area contributed by atoms with Crippen molar-refractivity contribution in [2.45, 2.75) is 51.1 Å². The van der Waals surface area contributed by atoms with E-state index in [1.165, 1.54) is 0 Å². The summed E-state index contributed by atoms with van der Waals surface area (Å²) in [6, 6.07) is 14.3. The van der Waals surface area contributed by atoms with Gasteiger partial charge in [0.25, 0.3) is 0 Å². The Bertz CT molecular complexity index is 869. The zero-order chi connectivity index (χ0) is 21.0. The van der Waals surface area contributed by atoms with Crippen LogP contribution in [0.15, 0.2) is 48.5 Å². The highest BCUT2D eigenvalue weighted by Crippen LogP contribution is 2.45. The molecule has 2 unspecified atom stereocenters. The number of esters is 1. The van der Waals surface area contributed by atoms with E-state index in [2.05, 4.69) is 0 Å². The van der Waals surface area contributed by atoms with Crippen LogP contribution in [0.5, 0.6) is 0 Å². The molecule has 4 nitrogen and oxygen atoms in total. The number of carbonyl (C=O) groups excluding carboxylic acids is 2. The van der Waals surface area contributed by atoms with Gasteiger partial charge in [0.15, 0.2) is 0 Å². The minimum absolute atomic E-state index is 0.0102. The molecular weight excluding hydrogens is 409 g/mol. The molecule has 29 heavy (non-hydrogen) atoms. The Kier molecular flexibility index (Phi) is 7.20. The van der Waals surface area contributed by atoms with E-state index < -0.39 is 6.04 Å². The molecule has 6 heteroatoms. The van der Waals surface area contributed by atoms with E-state index in [1.807, 2.05) is 55.5 Å². The van der Waals surface area contributed by atoms with Gasteiger partial charge in [0.1, 0.15) is 6.04 Å². The van der Waals surface area contributed by atoms with Crippen molar-refractivity contribution in [3.8, 4) is 0 Å². The zero-order valence-electron chi connectivity index (χ0n) is 16.6. The van der Waals surface area contributed by atoms with Crippen molar-refractivity contribution in [1.29, 1.82) is 0 Å². The van der Waals surface area contributed by atoms with Crippen LogP contribution in [0.1, 0.15) is 56.2 Å². The van der Waals surface area contributed by atoms with Crippen molar-refractivity contribution in [2.75, 3.05) is 6.61 Å². The summed E-state index contributed by atoms with van der Waals surface area (Å²) in [5.41, 5.74) is 1.99. The first-order chi connectivity index (χ1) is 14.0. The van der Waals surface area contributed by atoms with E-state index in [0.717, 1.165) is 11.1 Å². The topological polar surface area (TPSA) is 46.6 Å². The fourth-order valence-corrected chi connectivity index (χ4v) is 4.46. The Morgan fingerprint density at radius 3 is 2.45 bits per heavy atom. The number of likely N-dealkylation sites (tertiary alicyclic amines) is 1. The molecule has 154 valence electrons. The molecule has 0 bridgehead atoms. The molecule has 3 rings (SSSR count). The average Bonchev–Trinajstić information content (AvgIpc) is 2.70. The van der Waals surface area contributed by atoms with E-state index in [9.17, 15) is 9.59 Å². The van der Waals surface area contributed by atoms with Crippen LogP contribution in [-0.4, -0.2) is 29.4 Å². The summed E-state index contributed by atoms with van der Waals surface area (Å²) in [6.45, 7) is 3.95. The summed E-state index contributed by atoms with van der Waals surface area (Å²) >= 11 is 12.4. The summed E-state index contributed by atoms with van der Waals surface area (Å²) in [4.78, 5) is 27.5. The summed E-state index contributed by atoms with van der Waals surface area (Å²) in [6.07, 6.45) is 1.54. The van der Waals surface area contributed by atoms with Gasteiger partial charge < -0.3 is 9.64 Å². The third-order valence-corrected chi connectivity index (χ3v) is 5.89. The van der Waals surface area contributed by atoms with Crippen LogP contribution < -0.4 is 0 Å². The first-order valence-corrected chi connectivity index (χ1v) is 10.7. The Balaban J connectivity index is 2.10. The fraction of sp³-hybridized carbons (Fsp3) is 0.391. The maximum Gasteiger partial charge on any atom is 0.328 e. The number of carbonyl (C=O) groups is 2. The van der Waals surface area contributed by atoms with E-state index in [1.54, 1.807) is 11.8 Å². The molecule has 0 N–H and O–H groups in total. The Hall–Kier alpha value is -2.04. The van der Waals surface area contributed by atoms with Crippen molar-refractivity contribution in [2.24, 2.45) is 0 Å². The Morgan fingerprint density at radius 2 is 1.83 bits per heavy atom. The molecule has 0 saturated carbocycles. The standard InChI is InChI=1S/C23H25Cl2NO3/c1-3-20(23(28)29-4-2)26-21(27)13-12-19(16-6-5-7-18(25)14-16)22(26)15-8-10-17(24)11-9-15/h5-11,14,19-20,22H,3-4,12-13H2,1-2H3/t19?,20-,22?/m0/s1. The average molecular weight is 434 g/mol. The number of benzene rings is 2. The van der Waals surface area contributed by atoms with Crippen molar-refractivity contribution < 1.29 is 14.3 Å². The lowest BCUT2D eigenvalue weighted by Gasteiger charge is -2.44. The lowest BCUT2D eigenvalue weighted by atomic mass is 9.79. The first kappa shape index (κ1) is 21.7. The molecule has 1 aliphatic rings. The third kappa shape index (κ3) is 4.76. The number of ether oxygens (including phenoxy) is 1. The monoisotopic (exact) mass is 433 g/mol. The number of halogens is 2. The minimum atomic E-state index is -0.634. The normalized spacial score (nSPS) is 20.4. The molecule has 0 spiro atoms. The molecule has 2 aromatic carbocycles. The molecule has 1 amide bonds. The Morgan fingerprint density at radius 1 is 1.10 bits per heavy atom. The fourth-order valence-electron chi connectivity index (χ4n) is 4.14. The largest absolute Gasteiger partial charge is 0.464 e. The summed E-state index contributed by atoms with van der Waals surface area (Å²) in [7, 11) is 0. The van der Waals surface area contributed by atoms with Gasteiger partial charge in [-0.25, -0.2) is 4.79 Å². The van der Waals surface area contributed by atoms with Gasteiger partial charge in [0.2, 0.25) is 5.91 Å². The molecule has 1 fully saturated rings. The number of hydrogen-bond donors (Lipinski definition) is 0. The third-order valence-electron chi connectivity index (χ3n) is 5.41. The van der Waals surface area contributed by atoms with Gasteiger partial charge in [-0.15, -0.1) is 0 Å². The molecule has 0 aromatic heterocycles. The van der Waals surface area contributed by atoms with Crippen LogP contribution in [0.4, 0.5) is 0 Å². The molecule has 0 radical (unpaired) electrons. The van der Waals surface area contributed by atoms with Crippen molar-refractivity contribution in [3.63, 3.8) is 0 Å². The molecule has 3 atom stereocenters. The van der Waals surface area contributed by atoms with Crippen LogP contribution in [0.2, 0.25) is 10.0 Å². The highest BCUT2D eigenvalue weighted by Gasteiger charge is 2.43. The second-order valence-electron chi connectivity index (χ2n) is 7.17. The number of hydrogen-bond acceptors (Lipinski definition) is 3.